The molecule has 1 aromatic rings. The molecule has 2 heterocycles. The molecule has 0 bridgehead atoms. The third kappa shape index (κ3) is 2.30. The third-order valence-electron chi connectivity index (χ3n) is 4.50. The van der Waals surface area contributed by atoms with E-state index in [0.29, 0.717) is 24.4 Å². The highest BCUT2D eigenvalue weighted by Crippen LogP contribution is 2.51. The van der Waals surface area contributed by atoms with Crippen LogP contribution in [0.5, 0.6) is 0 Å². The third-order valence-corrected chi connectivity index (χ3v) is 4.50. The Morgan fingerprint density at radius 2 is 2.35 bits per heavy atom. The first-order chi connectivity index (χ1) is 9.64. The lowest BCUT2D eigenvalue weighted by atomic mass is 9.86. The van der Waals surface area contributed by atoms with E-state index in [1.165, 1.54) is 7.11 Å². The molecule has 1 unspecified atom stereocenters. The van der Waals surface area contributed by atoms with Crippen LogP contribution >= 0.6 is 0 Å². The fourth-order valence-corrected chi connectivity index (χ4v) is 3.25. The number of ether oxygens (including phenoxy) is 1. The molecule has 1 saturated heterocycles. The molecular formula is C14H19N3O3. The Balaban J connectivity index is 1.68. The van der Waals surface area contributed by atoms with E-state index in [0.717, 1.165) is 25.7 Å². The van der Waals surface area contributed by atoms with Crippen LogP contribution in [0.1, 0.15) is 42.5 Å². The number of piperidine rings is 1. The maximum Gasteiger partial charge on any atom is 0.305 e. The SMILES string of the molecule is COC(=O)CC1CCN(C(=O)c2cn[nH]c2)C2(CC2)C1. The number of nitrogens with one attached hydrogen (secondary N) is 1. The molecule has 1 spiro atoms. The van der Waals surface area contributed by atoms with Gasteiger partial charge in [0, 0.05) is 24.7 Å². The molecule has 0 aromatic carbocycles. The van der Waals surface area contributed by atoms with Crippen LogP contribution in [0.4, 0.5) is 0 Å². The molecule has 1 aliphatic heterocycles. The van der Waals surface area contributed by atoms with Gasteiger partial charge in [0.25, 0.3) is 5.91 Å². The lowest BCUT2D eigenvalue weighted by molar-refractivity contribution is -0.142. The molecule has 2 aliphatic rings. The van der Waals surface area contributed by atoms with Gasteiger partial charge < -0.3 is 9.64 Å². The summed E-state index contributed by atoms with van der Waals surface area (Å²) in [6.45, 7) is 0.714. The van der Waals surface area contributed by atoms with E-state index >= 15 is 0 Å². The van der Waals surface area contributed by atoms with Crippen LogP contribution < -0.4 is 0 Å². The number of H-pyrrole nitrogens is 1. The second kappa shape index (κ2) is 4.92. The summed E-state index contributed by atoms with van der Waals surface area (Å²) in [5, 5.41) is 6.52. The molecular weight excluding hydrogens is 258 g/mol. The molecule has 1 atom stereocenters. The van der Waals surface area contributed by atoms with Crippen LogP contribution in [0.2, 0.25) is 0 Å². The Morgan fingerprint density at radius 3 is 2.95 bits per heavy atom. The van der Waals surface area contributed by atoms with Gasteiger partial charge in [0.05, 0.1) is 18.9 Å². The van der Waals surface area contributed by atoms with E-state index < -0.39 is 0 Å². The quantitative estimate of drug-likeness (QED) is 0.846. The zero-order valence-corrected chi connectivity index (χ0v) is 11.6. The van der Waals surface area contributed by atoms with E-state index in [1.54, 1.807) is 12.4 Å². The first-order valence-corrected chi connectivity index (χ1v) is 7.02. The summed E-state index contributed by atoms with van der Waals surface area (Å²) < 4.78 is 4.74. The van der Waals surface area contributed by atoms with E-state index in [4.69, 9.17) is 4.74 Å². The van der Waals surface area contributed by atoms with Crippen molar-refractivity contribution in [3.8, 4) is 0 Å². The highest BCUT2D eigenvalue weighted by molar-refractivity contribution is 5.94. The number of rotatable bonds is 3. The minimum atomic E-state index is -0.152. The van der Waals surface area contributed by atoms with Crippen molar-refractivity contribution in [3.63, 3.8) is 0 Å². The standard InChI is InChI=1S/C14H19N3O3/c1-20-12(18)6-10-2-5-17(14(7-10)3-4-14)13(19)11-8-15-16-9-11/h8-10H,2-7H2,1H3,(H,15,16). The van der Waals surface area contributed by atoms with Gasteiger partial charge in [-0.15, -0.1) is 0 Å². The van der Waals surface area contributed by atoms with Crippen LogP contribution in [0, 0.1) is 5.92 Å². The van der Waals surface area contributed by atoms with Crippen molar-refractivity contribution in [2.45, 2.75) is 37.6 Å². The summed E-state index contributed by atoms with van der Waals surface area (Å²) >= 11 is 0. The van der Waals surface area contributed by atoms with Gasteiger partial charge >= 0.3 is 5.97 Å². The van der Waals surface area contributed by atoms with Gasteiger partial charge in [0.1, 0.15) is 0 Å². The number of nitrogens with zero attached hydrogens (tertiary/aromatic N) is 2. The number of aromatic nitrogens is 2. The van der Waals surface area contributed by atoms with Crippen LogP contribution in [-0.2, 0) is 9.53 Å². The average Bonchev–Trinajstić information content (AvgIpc) is 3.00. The van der Waals surface area contributed by atoms with Crippen molar-refractivity contribution in [1.82, 2.24) is 15.1 Å². The van der Waals surface area contributed by atoms with Gasteiger partial charge in [-0.25, -0.2) is 0 Å². The number of aromatic amines is 1. The van der Waals surface area contributed by atoms with Crippen molar-refractivity contribution >= 4 is 11.9 Å². The molecule has 1 aromatic heterocycles. The monoisotopic (exact) mass is 277 g/mol. The van der Waals surface area contributed by atoms with Crippen molar-refractivity contribution in [1.29, 1.82) is 0 Å². The summed E-state index contributed by atoms with van der Waals surface area (Å²) in [6.07, 6.45) is 7.51. The Bertz CT molecular complexity index is 508. The van der Waals surface area contributed by atoms with Crippen molar-refractivity contribution < 1.29 is 14.3 Å². The maximum atomic E-state index is 12.5. The van der Waals surface area contributed by atoms with Crippen LogP contribution in [0.15, 0.2) is 12.4 Å². The number of amides is 1. The molecule has 20 heavy (non-hydrogen) atoms. The average molecular weight is 277 g/mol. The van der Waals surface area contributed by atoms with Crippen molar-refractivity contribution in [3.05, 3.63) is 18.0 Å². The number of hydrogen-bond acceptors (Lipinski definition) is 4. The first kappa shape index (κ1) is 13.1. The molecule has 1 saturated carbocycles. The summed E-state index contributed by atoms with van der Waals surface area (Å²) in [5.74, 6) is 0.228. The first-order valence-electron chi connectivity index (χ1n) is 7.02. The normalized spacial score (nSPS) is 23.6. The van der Waals surface area contributed by atoms with E-state index in [9.17, 15) is 9.59 Å². The van der Waals surface area contributed by atoms with Crippen LogP contribution in [0.25, 0.3) is 0 Å². The fraction of sp³-hybridized carbons (Fsp3) is 0.643. The van der Waals surface area contributed by atoms with Gasteiger partial charge in [-0.1, -0.05) is 0 Å². The van der Waals surface area contributed by atoms with Gasteiger partial charge in [0.15, 0.2) is 0 Å². The number of likely N-dealkylation sites (tertiary alicyclic amines) is 1. The zero-order chi connectivity index (χ0) is 14.2. The van der Waals surface area contributed by atoms with Gasteiger partial charge in [0.2, 0.25) is 0 Å². The van der Waals surface area contributed by atoms with Gasteiger partial charge in [-0.05, 0) is 31.6 Å². The summed E-state index contributed by atoms with van der Waals surface area (Å²) in [7, 11) is 1.42. The number of methoxy groups -OCH3 is 1. The second-order valence-electron chi connectivity index (χ2n) is 5.81. The fourth-order valence-electron chi connectivity index (χ4n) is 3.25. The predicted molar refractivity (Wildman–Crippen MR) is 70.9 cm³/mol. The van der Waals surface area contributed by atoms with Crippen LogP contribution in [-0.4, -0.2) is 46.2 Å². The number of hydrogen-bond donors (Lipinski definition) is 1. The summed E-state index contributed by atoms with van der Waals surface area (Å²) in [6, 6.07) is 0. The lowest BCUT2D eigenvalue weighted by Gasteiger charge is -2.40. The molecule has 1 N–H and O–H groups in total. The molecule has 6 nitrogen and oxygen atoms in total. The predicted octanol–water partition coefficient (Wildman–Crippen LogP) is 1.36. The van der Waals surface area contributed by atoms with E-state index in [-0.39, 0.29) is 17.4 Å². The molecule has 108 valence electrons. The van der Waals surface area contributed by atoms with E-state index in [2.05, 4.69) is 10.2 Å². The van der Waals surface area contributed by atoms with Crippen LogP contribution in [0.3, 0.4) is 0 Å². The Hall–Kier alpha value is -1.85. The minimum absolute atomic E-state index is 0.0225. The van der Waals surface area contributed by atoms with E-state index in [1.807, 2.05) is 4.90 Å². The van der Waals surface area contributed by atoms with Gasteiger partial charge in [-0.3, -0.25) is 14.7 Å². The zero-order valence-electron chi connectivity index (χ0n) is 11.6. The highest BCUT2D eigenvalue weighted by atomic mass is 16.5. The topological polar surface area (TPSA) is 75.3 Å². The molecule has 6 heteroatoms. The summed E-state index contributed by atoms with van der Waals surface area (Å²) in [5.41, 5.74) is 0.591. The number of carbonyl (C=O) groups excluding carboxylic acids is 2. The largest absolute Gasteiger partial charge is 0.469 e. The lowest BCUT2D eigenvalue weighted by Crippen LogP contribution is -2.48. The van der Waals surface area contributed by atoms with Crippen molar-refractivity contribution in [2.24, 2.45) is 5.92 Å². The van der Waals surface area contributed by atoms with Gasteiger partial charge in [-0.2, -0.15) is 5.10 Å². The number of carbonyl (C=O) groups is 2. The Kier molecular flexibility index (Phi) is 3.23. The smallest absolute Gasteiger partial charge is 0.305 e. The molecule has 2 fully saturated rings. The number of esters is 1. The molecule has 3 rings (SSSR count). The molecule has 0 radical (unpaired) electrons. The minimum Gasteiger partial charge on any atom is -0.469 e. The molecule has 1 aliphatic carbocycles. The van der Waals surface area contributed by atoms with Crippen molar-refractivity contribution in [2.75, 3.05) is 13.7 Å². The maximum absolute atomic E-state index is 12.5. The molecule has 1 amide bonds. The highest BCUT2D eigenvalue weighted by Gasteiger charge is 2.53. The second-order valence-corrected chi connectivity index (χ2v) is 5.81. The summed E-state index contributed by atoms with van der Waals surface area (Å²) in [4.78, 5) is 25.9. The Labute approximate surface area is 117 Å². The Morgan fingerprint density at radius 1 is 1.55 bits per heavy atom.